The predicted octanol–water partition coefficient (Wildman–Crippen LogP) is 2.89. The zero-order chi connectivity index (χ0) is 14.4. The minimum absolute atomic E-state index is 0.274. The molecular weight excluding hydrogens is 248 g/mol. The van der Waals surface area contributed by atoms with Crippen molar-refractivity contribution in [2.45, 2.75) is 46.2 Å². The Bertz CT molecular complexity index is 516. The maximum Gasteiger partial charge on any atom is 0.110 e. The third kappa shape index (κ3) is 3.67. The van der Waals surface area contributed by atoms with Crippen molar-refractivity contribution in [3.63, 3.8) is 0 Å². The van der Waals surface area contributed by atoms with E-state index in [2.05, 4.69) is 45.8 Å². The van der Waals surface area contributed by atoms with Crippen LogP contribution >= 0.6 is 0 Å². The lowest BCUT2D eigenvalue weighted by atomic mass is 10.0. The Kier molecular flexibility index (Phi) is 5.30. The zero-order valence-electron chi connectivity index (χ0n) is 12.6. The van der Waals surface area contributed by atoms with Crippen molar-refractivity contribution >= 4 is 0 Å². The van der Waals surface area contributed by atoms with E-state index in [1.54, 1.807) is 0 Å². The van der Waals surface area contributed by atoms with Crippen LogP contribution < -0.4 is 5.32 Å². The summed E-state index contributed by atoms with van der Waals surface area (Å²) >= 11 is 0. The van der Waals surface area contributed by atoms with Crippen LogP contribution in [0.2, 0.25) is 0 Å². The summed E-state index contributed by atoms with van der Waals surface area (Å²) in [6, 6.07) is 4.51. The third-order valence-electron chi connectivity index (χ3n) is 3.51. The molecule has 0 saturated heterocycles. The number of pyridine rings is 1. The van der Waals surface area contributed by atoms with Crippen molar-refractivity contribution < 1.29 is 0 Å². The molecule has 0 spiro atoms. The molecule has 2 aromatic heterocycles. The molecule has 0 aliphatic heterocycles. The van der Waals surface area contributed by atoms with Crippen LogP contribution in [0, 0.1) is 6.92 Å². The first-order valence-corrected chi connectivity index (χ1v) is 7.40. The van der Waals surface area contributed by atoms with E-state index >= 15 is 0 Å². The summed E-state index contributed by atoms with van der Waals surface area (Å²) in [5.41, 5.74) is 2.28. The number of nitrogens with zero attached hydrogens (tertiary/aromatic N) is 3. The van der Waals surface area contributed by atoms with E-state index in [0.717, 1.165) is 37.4 Å². The SMILES string of the molecule is CCCNC(Cc1nccn1CC)c1ccc(C)nc1. The van der Waals surface area contributed by atoms with Crippen LogP contribution in [0.3, 0.4) is 0 Å². The Morgan fingerprint density at radius 1 is 1.25 bits per heavy atom. The zero-order valence-corrected chi connectivity index (χ0v) is 12.6. The van der Waals surface area contributed by atoms with Gasteiger partial charge < -0.3 is 9.88 Å². The summed E-state index contributed by atoms with van der Waals surface area (Å²) < 4.78 is 2.20. The van der Waals surface area contributed by atoms with Crippen molar-refractivity contribution in [1.29, 1.82) is 0 Å². The Hall–Kier alpha value is -1.68. The molecule has 0 aliphatic carbocycles. The highest BCUT2D eigenvalue weighted by molar-refractivity contribution is 5.18. The van der Waals surface area contributed by atoms with Gasteiger partial charge >= 0.3 is 0 Å². The number of rotatable bonds is 7. The minimum atomic E-state index is 0.274. The maximum atomic E-state index is 4.48. The lowest BCUT2D eigenvalue weighted by Gasteiger charge is -2.19. The van der Waals surface area contributed by atoms with E-state index in [0.29, 0.717) is 0 Å². The first-order chi connectivity index (χ1) is 9.74. The molecule has 0 fully saturated rings. The third-order valence-corrected chi connectivity index (χ3v) is 3.51. The number of aromatic nitrogens is 3. The fraction of sp³-hybridized carbons (Fsp3) is 0.500. The molecule has 0 aliphatic rings. The first-order valence-electron chi connectivity index (χ1n) is 7.40. The van der Waals surface area contributed by atoms with Crippen LogP contribution in [0.1, 0.15) is 43.4 Å². The van der Waals surface area contributed by atoms with E-state index in [9.17, 15) is 0 Å². The van der Waals surface area contributed by atoms with Crippen molar-refractivity contribution in [2.24, 2.45) is 0 Å². The van der Waals surface area contributed by atoms with E-state index in [1.807, 2.05) is 25.5 Å². The number of imidazole rings is 1. The fourth-order valence-electron chi connectivity index (χ4n) is 2.31. The lowest BCUT2D eigenvalue weighted by molar-refractivity contribution is 0.505. The summed E-state index contributed by atoms with van der Waals surface area (Å²) in [6.45, 7) is 8.31. The van der Waals surface area contributed by atoms with Crippen molar-refractivity contribution in [1.82, 2.24) is 19.9 Å². The summed E-state index contributed by atoms with van der Waals surface area (Å²) in [6.07, 6.45) is 7.91. The number of nitrogens with one attached hydrogen (secondary N) is 1. The van der Waals surface area contributed by atoms with E-state index in [-0.39, 0.29) is 6.04 Å². The van der Waals surface area contributed by atoms with E-state index in [1.165, 1.54) is 5.56 Å². The standard InChI is InChI=1S/C16H24N4/c1-4-8-17-15(14-7-6-13(3)19-12-14)11-16-18-9-10-20(16)5-2/h6-7,9-10,12,15,17H,4-5,8,11H2,1-3H3. The molecule has 2 heterocycles. The van der Waals surface area contributed by atoms with Crippen LogP contribution in [-0.4, -0.2) is 21.1 Å². The minimum Gasteiger partial charge on any atom is -0.335 e. The monoisotopic (exact) mass is 272 g/mol. The summed E-state index contributed by atoms with van der Waals surface area (Å²) in [4.78, 5) is 8.89. The van der Waals surface area contributed by atoms with E-state index < -0.39 is 0 Å². The Morgan fingerprint density at radius 2 is 2.10 bits per heavy atom. The molecule has 2 aromatic rings. The molecule has 1 atom stereocenters. The predicted molar refractivity (Wildman–Crippen MR) is 81.6 cm³/mol. The van der Waals surface area contributed by atoms with Gasteiger partial charge in [-0.2, -0.15) is 0 Å². The van der Waals surface area contributed by atoms with Gasteiger partial charge in [-0.15, -0.1) is 0 Å². The van der Waals surface area contributed by atoms with Gasteiger partial charge in [-0.05, 0) is 38.4 Å². The highest BCUT2D eigenvalue weighted by Gasteiger charge is 2.14. The highest BCUT2D eigenvalue weighted by atomic mass is 15.1. The van der Waals surface area contributed by atoms with Gasteiger partial charge in [0.05, 0.1) is 0 Å². The molecular formula is C16H24N4. The maximum absolute atomic E-state index is 4.48. The summed E-state index contributed by atoms with van der Waals surface area (Å²) in [7, 11) is 0. The second-order valence-electron chi connectivity index (χ2n) is 5.07. The van der Waals surface area contributed by atoms with Crippen LogP contribution in [-0.2, 0) is 13.0 Å². The van der Waals surface area contributed by atoms with E-state index in [4.69, 9.17) is 0 Å². The van der Waals surface area contributed by atoms with Crippen molar-refractivity contribution in [2.75, 3.05) is 6.54 Å². The molecule has 2 rings (SSSR count). The molecule has 1 N–H and O–H groups in total. The van der Waals surface area contributed by atoms with Gasteiger partial charge in [0, 0.05) is 43.3 Å². The molecule has 4 nitrogen and oxygen atoms in total. The lowest BCUT2D eigenvalue weighted by Crippen LogP contribution is -2.25. The molecule has 108 valence electrons. The van der Waals surface area contributed by atoms with Crippen molar-refractivity contribution in [3.05, 3.63) is 47.8 Å². The van der Waals surface area contributed by atoms with Crippen LogP contribution in [0.25, 0.3) is 0 Å². The van der Waals surface area contributed by atoms with Gasteiger partial charge in [-0.1, -0.05) is 13.0 Å². The van der Waals surface area contributed by atoms with Gasteiger partial charge in [-0.25, -0.2) is 4.98 Å². The van der Waals surface area contributed by atoms with Gasteiger partial charge in [0.1, 0.15) is 5.82 Å². The van der Waals surface area contributed by atoms with Crippen LogP contribution in [0.15, 0.2) is 30.7 Å². The Balaban J connectivity index is 2.17. The summed E-state index contributed by atoms with van der Waals surface area (Å²) in [5.74, 6) is 1.13. The van der Waals surface area contributed by atoms with Gasteiger partial charge in [-0.3, -0.25) is 4.98 Å². The van der Waals surface area contributed by atoms with Gasteiger partial charge in [0.2, 0.25) is 0 Å². The Morgan fingerprint density at radius 3 is 2.75 bits per heavy atom. The number of hydrogen-bond acceptors (Lipinski definition) is 3. The molecule has 1 unspecified atom stereocenters. The molecule has 0 radical (unpaired) electrons. The topological polar surface area (TPSA) is 42.7 Å². The normalized spacial score (nSPS) is 12.6. The van der Waals surface area contributed by atoms with Gasteiger partial charge in [0.25, 0.3) is 0 Å². The first kappa shape index (κ1) is 14.7. The van der Waals surface area contributed by atoms with Crippen molar-refractivity contribution in [3.8, 4) is 0 Å². The molecule has 0 aromatic carbocycles. The Labute approximate surface area is 121 Å². The molecule has 0 bridgehead atoms. The average molecular weight is 272 g/mol. The number of hydrogen-bond donors (Lipinski definition) is 1. The largest absolute Gasteiger partial charge is 0.335 e. The second-order valence-corrected chi connectivity index (χ2v) is 5.07. The van der Waals surface area contributed by atoms with Crippen LogP contribution in [0.5, 0.6) is 0 Å². The quantitative estimate of drug-likeness (QED) is 0.842. The molecule has 0 amide bonds. The summed E-state index contributed by atoms with van der Waals surface area (Å²) in [5, 5.41) is 3.60. The van der Waals surface area contributed by atoms with Gasteiger partial charge in [0.15, 0.2) is 0 Å². The fourth-order valence-corrected chi connectivity index (χ4v) is 2.31. The second kappa shape index (κ2) is 7.20. The molecule has 0 saturated carbocycles. The van der Waals surface area contributed by atoms with Crippen LogP contribution in [0.4, 0.5) is 0 Å². The highest BCUT2D eigenvalue weighted by Crippen LogP contribution is 2.17. The number of aryl methyl sites for hydroxylation is 2. The molecule has 20 heavy (non-hydrogen) atoms. The average Bonchev–Trinajstić information content (AvgIpc) is 2.91. The smallest absolute Gasteiger partial charge is 0.110 e. The molecule has 4 heteroatoms.